The van der Waals surface area contributed by atoms with Crippen LogP contribution >= 0.6 is 0 Å². The molecule has 0 radical (unpaired) electrons. The minimum atomic E-state index is -0.464. The summed E-state index contributed by atoms with van der Waals surface area (Å²) >= 11 is 0. The van der Waals surface area contributed by atoms with Crippen molar-refractivity contribution in [3.05, 3.63) is 65.5 Å². The summed E-state index contributed by atoms with van der Waals surface area (Å²) in [5.74, 6) is 0.0920. The van der Waals surface area contributed by atoms with Gasteiger partial charge in [0, 0.05) is 18.0 Å². The minimum absolute atomic E-state index is 0.0761. The van der Waals surface area contributed by atoms with Gasteiger partial charge in [-0.15, -0.1) is 0 Å². The van der Waals surface area contributed by atoms with E-state index in [-0.39, 0.29) is 22.9 Å². The van der Waals surface area contributed by atoms with Gasteiger partial charge in [0.1, 0.15) is 11.6 Å². The third kappa shape index (κ3) is 4.61. The van der Waals surface area contributed by atoms with Gasteiger partial charge in [0.05, 0.1) is 25.4 Å². The fraction of sp³-hybridized carbons (Fsp3) is 0.458. The summed E-state index contributed by atoms with van der Waals surface area (Å²) in [7, 11) is 0. The van der Waals surface area contributed by atoms with E-state index in [4.69, 9.17) is 9.47 Å². The number of halogens is 1. The Morgan fingerprint density at radius 1 is 1.17 bits per heavy atom. The Balaban J connectivity index is 1.51. The molecule has 2 aliphatic rings. The number of amides is 1. The zero-order valence-corrected chi connectivity index (χ0v) is 16.9. The molecule has 0 aromatic heterocycles. The monoisotopic (exact) mass is 397 g/mol. The molecule has 1 aliphatic carbocycles. The van der Waals surface area contributed by atoms with Gasteiger partial charge in [0.15, 0.2) is 0 Å². The topological polar surface area (TPSA) is 38.8 Å². The van der Waals surface area contributed by atoms with E-state index < -0.39 is 5.82 Å². The minimum Gasteiger partial charge on any atom is -0.493 e. The maximum absolute atomic E-state index is 14.3. The van der Waals surface area contributed by atoms with Crippen LogP contribution in [0, 0.1) is 11.2 Å². The van der Waals surface area contributed by atoms with E-state index in [1.807, 2.05) is 29.2 Å². The van der Waals surface area contributed by atoms with Gasteiger partial charge in [0.2, 0.25) is 0 Å². The third-order valence-electron chi connectivity index (χ3n) is 5.87. The maximum atomic E-state index is 14.3. The molecular weight excluding hydrogens is 369 g/mol. The van der Waals surface area contributed by atoms with Crippen LogP contribution in [0.15, 0.2) is 48.5 Å². The van der Waals surface area contributed by atoms with Crippen LogP contribution < -0.4 is 4.74 Å². The van der Waals surface area contributed by atoms with Gasteiger partial charge >= 0.3 is 0 Å². The van der Waals surface area contributed by atoms with E-state index in [1.165, 1.54) is 6.07 Å². The summed E-state index contributed by atoms with van der Waals surface area (Å²) in [5.41, 5.74) is 1.21. The zero-order chi connectivity index (χ0) is 20.3. The number of ether oxygens (including phenoxy) is 2. The average molecular weight is 397 g/mol. The first-order valence-electron chi connectivity index (χ1n) is 10.4. The van der Waals surface area contributed by atoms with Crippen molar-refractivity contribution in [2.45, 2.75) is 45.2 Å². The molecule has 0 unspecified atom stereocenters. The molecule has 1 aliphatic heterocycles. The van der Waals surface area contributed by atoms with E-state index in [0.717, 1.165) is 50.2 Å². The average Bonchev–Trinajstić information content (AvgIpc) is 3.24. The van der Waals surface area contributed by atoms with Crippen LogP contribution in [-0.4, -0.2) is 36.7 Å². The molecule has 0 N–H and O–H groups in total. The Morgan fingerprint density at radius 3 is 2.62 bits per heavy atom. The SMILES string of the molecule is CC1(COc2cccc(CN(C(=O)c3ccccc3F)C3CCCC3)c2)COC1. The van der Waals surface area contributed by atoms with Crippen LogP contribution in [0.4, 0.5) is 4.39 Å². The quantitative estimate of drug-likeness (QED) is 0.672. The molecule has 1 amide bonds. The highest BCUT2D eigenvalue weighted by Gasteiger charge is 2.34. The number of nitrogens with zero attached hydrogens (tertiary/aromatic N) is 1. The fourth-order valence-electron chi connectivity index (χ4n) is 4.09. The van der Waals surface area contributed by atoms with E-state index in [0.29, 0.717) is 13.2 Å². The van der Waals surface area contributed by atoms with E-state index >= 15 is 0 Å². The molecule has 2 aromatic carbocycles. The Kier molecular flexibility index (Phi) is 5.86. The number of benzene rings is 2. The van der Waals surface area contributed by atoms with Crippen LogP contribution in [0.3, 0.4) is 0 Å². The largest absolute Gasteiger partial charge is 0.493 e. The molecule has 0 atom stereocenters. The van der Waals surface area contributed by atoms with Gasteiger partial charge in [0.25, 0.3) is 5.91 Å². The second-order valence-corrected chi connectivity index (χ2v) is 8.59. The lowest BCUT2D eigenvalue weighted by molar-refractivity contribution is -0.120. The van der Waals surface area contributed by atoms with Crippen molar-refractivity contribution < 1.29 is 18.7 Å². The van der Waals surface area contributed by atoms with Gasteiger partial charge in [-0.25, -0.2) is 4.39 Å². The van der Waals surface area contributed by atoms with Gasteiger partial charge in [-0.2, -0.15) is 0 Å². The van der Waals surface area contributed by atoms with Crippen molar-refractivity contribution in [1.29, 1.82) is 0 Å². The van der Waals surface area contributed by atoms with Crippen LogP contribution in [-0.2, 0) is 11.3 Å². The number of rotatable bonds is 7. The second-order valence-electron chi connectivity index (χ2n) is 8.59. The number of hydrogen-bond acceptors (Lipinski definition) is 3. The Hall–Kier alpha value is -2.40. The first kappa shape index (κ1) is 19.9. The predicted octanol–water partition coefficient (Wildman–Crippen LogP) is 4.83. The second kappa shape index (κ2) is 8.54. The Labute approximate surface area is 171 Å². The van der Waals surface area contributed by atoms with Gasteiger partial charge < -0.3 is 14.4 Å². The van der Waals surface area contributed by atoms with Crippen molar-refractivity contribution in [3.63, 3.8) is 0 Å². The molecule has 2 fully saturated rings. The number of hydrogen-bond donors (Lipinski definition) is 0. The highest BCUT2D eigenvalue weighted by Crippen LogP contribution is 2.30. The molecular formula is C24H28FNO3. The van der Waals surface area contributed by atoms with E-state index in [9.17, 15) is 9.18 Å². The van der Waals surface area contributed by atoms with Crippen LogP contribution in [0.1, 0.15) is 48.5 Å². The van der Waals surface area contributed by atoms with Crippen molar-refractivity contribution in [1.82, 2.24) is 4.90 Å². The first-order chi connectivity index (χ1) is 14.0. The summed E-state index contributed by atoms with van der Waals surface area (Å²) in [6, 6.07) is 14.3. The smallest absolute Gasteiger partial charge is 0.257 e. The Morgan fingerprint density at radius 2 is 1.93 bits per heavy atom. The standard InChI is InChI=1S/C24H28FNO3/c1-24(15-28-16-24)17-29-20-10-6-7-18(13-20)14-26(19-8-2-3-9-19)23(27)21-11-4-5-12-22(21)25/h4-7,10-13,19H,2-3,8-9,14-17H2,1H3. The normalized spacial score (nSPS) is 18.3. The van der Waals surface area contributed by atoms with E-state index in [1.54, 1.807) is 18.2 Å². The van der Waals surface area contributed by atoms with Crippen LogP contribution in [0.2, 0.25) is 0 Å². The summed E-state index contributed by atoms with van der Waals surface area (Å²) in [4.78, 5) is 15.0. The van der Waals surface area contributed by atoms with Crippen molar-refractivity contribution >= 4 is 5.91 Å². The summed E-state index contributed by atoms with van der Waals surface area (Å²) < 4.78 is 25.5. The van der Waals surface area contributed by atoms with Gasteiger partial charge in [-0.05, 0) is 42.7 Å². The molecule has 4 rings (SSSR count). The Bertz CT molecular complexity index is 859. The van der Waals surface area contributed by atoms with E-state index in [2.05, 4.69) is 6.92 Å². The highest BCUT2D eigenvalue weighted by molar-refractivity contribution is 5.94. The van der Waals surface area contributed by atoms with Crippen molar-refractivity contribution in [2.75, 3.05) is 19.8 Å². The highest BCUT2D eigenvalue weighted by atomic mass is 19.1. The van der Waals surface area contributed by atoms with Gasteiger partial charge in [-0.1, -0.05) is 44.0 Å². The fourth-order valence-corrected chi connectivity index (χ4v) is 4.09. The molecule has 29 heavy (non-hydrogen) atoms. The molecule has 0 bridgehead atoms. The summed E-state index contributed by atoms with van der Waals surface area (Å²) in [6.45, 7) is 4.65. The lowest BCUT2D eigenvalue weighted by Gasteiger charge is -2.37. The summed E-state index contributed by atoms with van der Waals surface area (Å²) in [6.07, 6.45) is 4.15. The molecule has 1 saturated carbocycles. The number of carbonyl (C=O) groups excluding carboxylic acids is 1. The van der Waals surface area contributed by atoms with Crippen LogP contribution in [0.25, 0.3) is 0 Å². The van der Waals surface area contributed by atoms with Crippen LogP contribution in [0.5, 0.6) is 5.75 Å². The lowest BCUT2D eigenvalue weighted by Crippen LogP contribution is -2.44. The molecule has 5 heteroatoms. The zero-order valence-electron chi connectivity index (χ0n) is 16.9. The molecule has 4 nitrogen and oxygen atoms in total. The third-order valence-corrected chi connectivity index (χ3v) is 5.87. The van der Waals surface area contributed by atoms with Gasteiger partial charge in [-0.3, -0.25) is 4.79 Å². The molecule has 154 valence electrons. The lowest BCUT2D eigenvalue weighted by atomic mass is 9.90. The molecule has 2 aromatic rings. The first-order valence-corrected chi connectivity index (χ1v) is 10.4. The predicted molar refractivity (Wildman–Crippen MR) is 109 cm³/mol. The maximum Gasteiger partial charge on any atom is 0.257 e. The molecule has 1 heterocycles. The number of carbonyl (C=O) groups is 1. The molecule has 0 spiro atoms. The van der Waals surface area contributed by atoms with Crippen molar-refractivity contribution in [2.24, 2.45) is 5.41 Å². The summed E-state index contributed by atoms with van der Waals surface area (Å²) in [5, 5.41) is 0. The van der Waals surface area contributed by atoms with Crippen molar-refractivity contribution in [3.8, 4) is 5.75 Å². The molecule has 1 saturated heterocycles.